The van der Waals surface area contributed by atoms with E-state index in [1.54, 1.807) is 20.8 Å². The maximum atomic E-state index is 11.7. The van der Waals surface area contributed by atoms with E-state index in [0.29, 0.717) is 0 Å². The lowest BCUT2D eigenvalue weighted by molar-refractivity contribution is -0.124. The Morgan fingerprint density at radius 1 is 1.20 bits per heavy atom. The summed E-state index contributed by atoms with van der Waals surface area (Å²) in [5.74, 6) is -0.431. The number of allylic oxidation sites excluding steroid dienone is 1. The van der Waals surface area contributed by atoms with Crippen LogP contribution in [0.25, 0.3) is 6.08 Å². The molecule has 0 aliphatic heterocycles. The first kappa shape index (κ1) is 11.5. The highest BCUT2D eigenvalue weighted by atomic mass is 16.3. The molecule has 15 heavy (non-hydrogen) atoms. The Balaban J connectivity index is 2.91. The largest absolute Gasteiger partial charge is 0.504 e. The van der Waals surface area contributed by atoms with Crippen LogP contribution in [0.1, 0.15) is 26.3 Å². The molecule has 1 rings (SSSR count). The molecule has 0 spiro atoms. The predicted molar refractivity (Wildman–Crippen MR) is 61.5 cm³/mol. The smallest absolute Gasteiger partial charge is 0.202 e. The quantitative estimate of drug-likeness (QED) is 0.593. The molecule has 0 fully saturated rings. The first-order valence-electron chi connectivity index (χ1n) is 4.92. The molecule has 1 N–H and O–H groups in total. The number of benzene rings is 1. The molecule has 0 unspecified atom stereocenters. The van der Waals surface area contributed by atoms with E-state index in [2.05, 4.69) is 0 Å². The fourth-order valence-corrected chi connectivity index (χ4v) is 1.16. The molecule has 0 aromatic heterocycles. The van der Waals surface area contributed by atoms with Crippen molar-refractivity contribution < 1.29 is 9.90 Å². The van der Waals surface area contributed by atoms with Crippen molar-refractivity contribution in [2.45, 2.75) is 20.8 Å². The lowest BCUT2D eigenvalue weighted by Crippen LogP contribution is -2.21. The number of carbonyl (C=O) groups is 1. The summed E-state index contributed by atoms with van der Waals surface area (Å²) < 4.78 is 0. The fourth-order valence-electron chi connectivity index (χ4n) is 1.16. The zero-order chi connectivity index (χ0) is 11.5. The van der Waals surface area contributed by atoms with E-state index in [-0.39, 0.29) is 11.5 Å². The maximum absolute atomic E-state index is 11.7. The molecule has 80 valence electrons. The van der Waals surface area contributed by atoms with Gasteiger partial charge in [-0.2, -0.15) is 0 Å². The van der Waals surface area contributed by atoms with Gasteiger partial charge in [0, 0.05) is 5.41 Å². The molecule has 1 aromatic rings. The van der Waals surface area contributed by atoms with Crippen molar-refractivity contribution in [1.82, 2.24) is 0 Å². The van der Waals surface area contributed by atoms with Crippen molar-refractivity contribution in [2.75, 3.05) is 0 Å². The van der Waals surface area contributed by atoms with Gasteiger partial charge in [-0.25, -0.2) is 0 Å². The van der Waals surface area contributed by atoms with Crippen molar-refractivity contribution in [1.29, 1.82) is 0 Å². The fraction of sp³-hybridized carbons (Fsp3) is 0.308. The SMILES string of the molecule is CC(C)(C)C(=O)/C(O)=C\c1ccccc1. The number of carbonyl (C=O) groups excluding carboxylic acids is 1. The zero-order valence-corrected chi connectivity index (χ0v) is 9.32. The van der Waals surface area contributed by atoms with Gasteiger partial charge in [-0.15, -0.1) is 0 Å². The number of Topliss-reactive ketones (excluding diaryl/α,β-unsaturated/α-hetero) is 1. The van der Waals surface area contributed by atoms with Crippen LogP contribution in [-0.4, -0.2) is 10.9 Å². The second-order valence-corrected chi connectivity index (χ2v) is 4.52. The van der Waals surface area contributed by atoms with Gasteiger partial charge in [0.05, 0.1) is 0 Å². The number of rotatable bonds is 2. The lowest BCUT2D eigenvalue weighted by atomic mass is 9.89. The highest BCUT2D eigenvalue weighted by Crippen LogP contribution is 2.19. The van der Waals surface area contributed by atoms with Crippen molar-refractivity contribution in [2.24, 2.45) is 5.41 Å². The molecule has 0 aliphatic rings. The summed E-state index contributed by atoms with van der Waals surface area (Å²) in [5.41, 5.74) is 0.280. The van der Waals surface area contributed by atoms with E-state index < -0.39 is 5.41 Å². The summed E-state index contributed by atoms with van der Waals surface area (Å²) in [6.07, 6.45) is 1.49. The molecule has 0 bridgehead atoms. The van der Waals surface area contributed by atoms with Crippen LogP contribution < -0.4 is 0 Å². The minimum Gasteiger partial charge on any atom is -0.504 e. The lowest BCUT2D eigenvalue weighted by Gasteiger charge is -2.15. The molecular weight excluding hydrogens is 188 g/mol. The summed E-state index contributed by atoms with van der Waals surface area (Å²) in [6.45, 7) is 5.35. The van der Waals surface area contributed by atoms with E-state index in [4.69, 9.17) is 0 Å². The van der Waals surface area contributed by atoms with Gasteiger partial charge in [-0.1, -0.05) is 51.1 Å². The first-order valence-corrected chi connectivity index (χ1v) is 4.92. The normalized spacial score (nSPS) is 12.6. The molecule has 0 heterocycles. The monoisotopic (exact) mass is 204 g/mol. The Morgan fingerprint density at radius 2 is 1.73 bits per heavy atom. The van der Waals surface area contributed by atoms with Gasteiger partial charge in [0.15, 0.2) is 5.76 Å². The molecule has 0 saturated heterocycles. The van der Waals surface area contributed by atoms with Gasteiger partial charge in [0.2, 0.25) is 5.78 Å². The maximum Gasteiger partial charge on any atom is 0.202 e. The van der Waals surface area contributed by atoms with Crippen LogP contribution in [0.5, 0.6) is 0 Å². The Labute approximate surface area is 90.3 Å². The summed E-state index contributed by atoms with van der Waals surface area (Å²) in [6, 6.07) is 9.29. The van der Waals surface area contributed by atoms with Gasteiger partial charge in [0.1, 0.15) is 0 Å². The van der Waals surface area contributed by atoms with E-state index in [9.17, 15) is 9.90 Å². The van der Waals surface area contributed by atoms with Crippen LogP contribution in [-0.2, 0) is 4.79 Å². The second kappa shape index (κ2) is 4.30. The van der Waals surface area contributed by atoms with Crippen LogP contribution in [0.15, 0.2) is 36.1 Å². The average Bonchev–Trinajstić information content (AvgIpc) is 2.16. The van der Waals surface area contributed by atoms with Gasteiger partial charge in [-0.3, -0.25) is 4.79 Å². The highest BCUT2D eigenvalue weighted by Gasteiger charge is 2.24. The topological polar surface area (TPSA) is 37.3 Å². The first-order chi connectivity index (χ1) is 6.91. The Morgan fingerprint density at radius 3 is 2.20 bits per heavy atom. The zero-order valence-electron chi connectivity index (χ0n) is 9.32. The average molecular weight is 204 g/mol. The predicted octanol–water partition coefficient (Wildman–Crippen LogP) is 3.20. The number of aliphatic hydroxyl groups excluding tert-OH is 1. The van der Waals surface area contributed by atoms with Crippen molar-refractivity contribution in [3.05, 3.63) is 41.7 Å². The molecular formula is C13H16O2. The number of aliphatic hydroxyl groups is 1. The number of hydrogen-bond donors (Lipinski definition) is 1. The molecule has 0 saturated carbocycles. The standard InChI is InChI=1S/C13H16O2/c1-13(2,3)12(15)11(14)9-10-7-5-4-6-8-10/h4-9,14H,1-3H3/b11-9+. The summed E-state index contributed by atoms with van der Waals surface area (Å²) in [5, 5.41) is 9.62. The van der Waals surface area contributed by atoms with E-state index >= 15 is 0 Å². The molecule has 0 amide bonds. The van der Waals surface area contributed by atoms with Gasteiger partial charge >= 0.3 is 0 Å². The molecule has 1 aromatic carbocycles. The van der Waals surface area contributed by atoms with Crippen LogP contribution in [0.2, 0.25) is 0 Å². The Kier molecular flexibility index (Phi) is 3.30. The molecule has 0 atom stereocenters. The summed E-state index contributed by atoms with van der Waals surface area (Å²) in [7, 11) is 0. The molecule has 0 radical (unpaired) electrons. The highest BCUT2D eigenvalue weighted by molar-refractivity contribution is 6.00. The van der Waals surface area contributed by atoms with Gasteiger partial charge in [-0.05, 0) is 11.6 Å². The third-order valence-corrected chi connectivity index (χ3v) is 2.02. The molecule has 2 nitrogen and oxygen atoms in total. The van der Waals surface area contributed by atoms with E-state index in [1.807, 2.05) is 30.3 Å². The number of ketones is 1. The van der Waals surface area contributed by atoms with E-state index in [0.717, 1.165) is 5.56 Å². The number of hydrogen-bond acceptors (Lipinski definition) is 2. The van der Waals surface area contributed by atoms with Gasteiger partial charge in [0.25, 0.3) is 0 Å². The molecule has 0 aliphatic carbocycles. The van der Waals surface area contributed by atoms with E-state index in [1.165, 1.54) is 6.08 Å². The Bertz CT molecular complexity index is 369. The van der Waals surface area contributed by atoms with Crippen LogP contribution in [0.3, 0.4) is 0 Å². The van der Waals surface area contributed by atoms with Gasteiger partial charge < -0.3 is 5.11 Å². The van der Waals surface area contributed by atoms with Crippen molar-refractivity contribution >= 4 is 11.9 Å². The van der Waals surface area contributed by atoms with Crippen LogP contribution in [0.4, 0.5) is 0 Å². The minimum atomic E-state index is -0.546. The van der Waals surface area contributed by atoms with Crippen molar-refractivity contribution in [3.8, 4) is 0 Å². The second-order valence-electron chi connectivity index (χ2n) is 4.52. The Hall–Kier alpha value is -1.57. The third kappa shape index (κ3) is 3.24. The summed E-state index contributed by atoms with van der Waals surface area (Å²) in [4.78, 5) is 11.7. The minimum absolute atomic E-state index is 0.186. The van der Waals surface area contributed by atoms with Crippen LogP contribution in [0, 0.1) is 5.41 Å². The third-order valence-electron chi connectivity index (χ3n) is 2.02. The molecule has 2 heteroatoms. The summed E-state index contributed by atoms with van der Waals surface area (Å²) >= 11 is 0. The van der Waals surface area contributed by atoms with Crippen LogP contribution >= 0.6 is 0 Å². The van der Waals surface area contributed by atoms with Crippen molar-refractivity contribution in [3.63, 3.8) is 0 Å².